The van der Waals surface area contributed by atoms with Crippen LogP contribution in [0, 0.1) is 17.0 Å². The van der Waals surface area contributed by atoms with Crippen LogP contribution in [0.1, 0.15) is 5.56 Å². The Balaban J connectivity index is 2.51. The van der Waals surface area contributed by atoms with E-state index in [9.17, 15) is 18.5 Å². The van der Waals surface area contributed by atoms with Crippen molar-refractivity contribution in [2.75, 3.05) is 7.11 Å². The molecule has 2 rings (SSSR count). The minimum absolute atomic E-state index is 0.0285. The number of ether oxygens (including phenoxy) is 1. The Morgan fingerprint density at radius 2 is 1.77 bits per heavy atom. The van der Waals surface area contributed by atoms with Crippen LogP contribution in [0.25, 0.3) is 0 Å². The van der Waals surface area contributed by atoms with E-state index in [1.54, 1.807) is 25.1 Å². The van der Waals surface area contributed by atoms with E-state index in [0.29, 0.717) is 5.56 Å². The second-order valence-electron chi connectivity index (χ2n) is 4.40. The highest BCUT2D eigenvalue weighted by Gasteiger charge is 2.25. The molecule has 0 spiro atoms. The average Bonchev–Trinajstić information content (AvgIpc) is 2.48. The van der Waals surface area contributed by atoms with Crippen LogP contribution in [0.15, 0.2) is 47.4 Å². The van der Waals surface area contributed by atoms with Crippen LogP contribution >= 0.6 is 0 Å². The van der Waals surface area contributed by atoms with Gasteiger partial charge in [-0.25, -0.2) is 0 Å². The second-order valence-corrected chi connectivity index (χ2v) is 5.91. The van der Waals surface area contributed by atoms with Crippen molar-refractivity contribution in [3.8, 4) is 11.5 Å². The van der Waals surface area contributed by atoms with Gasteiger partial charge in [0.15, 0.2) is 4.90 Å². The molecule has 0 aliphatic carbocycles. The predicted molar refractivity (Wildman–Crippen MR) is 78.6 cm³/mol. The summed E-state index contributed by atoms with van der Waals surface area (Å²) >= 11 is 0. The van der Waals surface area contributed by atoms with E-state index < -0.39 is 19.9 Å². The van der Waals surface area contributed by atoms with Gasteiger partial charge in [0, 0.05) is 12.1 Å². The molecule has 0 bridgehead atoms. The molecule has 0 heterocycles. The van der Waals surface area contributed by atoms with Crippen molar-refractivity contribution in [1.82, 2.24) is 0 Å². The molecule has 0 radical (unpaired) electrons. The molecule has 0 aliphatic rings. The molecular weight excluding hydrogens is 310 g/mol. The molecule has 0 saturated heterocycles. The minimum atomic E-state index is -4.26. The van der Waals surface area contributed by atoms with E-state index in [0.717, 1.165) is 12.1 Å². The number of nitrogens with zero attached hydrogens (tertiary/aromatic N) is 1. The number of para-hydroxylation sites is 1. The van der Waals surface area contributed by atoms with Crippen molar-refractivity contribution in [2.45, 2.75) is 11.8 Å². The summed E-state index contributed by atoms with van der Waals surface area (Å²) in [6, 6.07) is 9.84. The number of aryl methyl sites for hydroxylation is 1. The largest absolute Gasteiger partial charge is 0.495 e. The zero-order valence-corrected chi connectivity index (χ0v) is 12.7. The number of rotatable bonds is 5. The summed E-state index contributed by atoms with van der Waals surface area (Å²) in [4.78, 5) is 9.74. The van der Waals surface area contributed by atoms with Gasteiger partial charge in [-0.15, -0.1) is 0 Å². The maximum absolute atomic E-state index is 12.4. The van der Waals surface area contributed by atoms with Crippen molar-refractivity contribution < 1.29 is 22.3 Å². The highest BCUT2D eigenvalue weighted by molar-refractivity contribution is 7.87. The second kappa shape index (κ2) is 6.02. The zero-order valence-electron chi connectivity index (χ0n) is 11.8. The van der Waals surface area contributed by atoms with E-state index >= 15 is 0 Å². The van der Waals surface area contributed by atoms with Crippen molar-refractivity contribution in [1.29, 1.82) is 0 Å². The summed E-state index contributed by atoms with van der Waals surface area (Å²) in [5.41, 5.74) is 0.253. The van der Waals surface area contributed by atoms with E-state index in [2.05, 4.69) is 0 Å². The van der Waals surface area contributed by atoms with Crippen molar-refractivity contribution in [3.05, 3.63) is 58.1 Å². The molecule has 0 saturated carbocycles. The molecule has 0 unspecified atom stereocenters. The van der Waals surface area contributed by atoms with Gasteiger partial charge < -0.3 is 8.92 Å². The lowest BCUT2D eigenvalue weighted by atomic mass is 10.2. The maximum atomic E-state index is 12.4. The highest BCUT2D eigenvalue weighted by Crippen LogP contribution is 2.31. The zero-order chi connectivity index (χ0) is 16.3. The molecule has 0 N–H and O–H groups in total. The van der Waals surface area contributed by atoms with Crippen molar-refractivity contribution >= 4 is 15.8 Å². The third-order valence-electron chi connectivity index (χ3n) is 2.92. The van der Waals surface area contributed by atoms with Crippen LogP contribution in [-0.4, -0.2) is 20.5 Å². The number of non-ortho nitro benzene ring substituents is 1. The topological polar surface area (TPSA) is 95.7 Å². The first-order chi connectivity index (χ1) is 10.3. The molecule has 8 heteroatoms. The number of nitro benzene ring substituents is 1. The lowest BCUT2D eigenvalue weighted by Gasteiger charge is -2.11. The van der Waals surface area contributed by atoms with Crippen LogP contribution in [0.5, 0.6) is 11.5 Å². The molecule has 0 aliphatic heterocycles. The lowest BCUT2D eigenvalue weighted by Crippen LogP contribution is -2.12. The monoisotopic (exact) mass is 323 g/mol. The van der Waals surface area contributed by atoms with Gasteiger partial charge in [-0.2, -0.15) is 8.42 Å². The van der Waals surface area contributed by atoms with Gasteiger partial charge in [0.05, 0.1) is 12.0 Å². The molecule has 116 valence electrons. The molecule has 7 nitrogen and oxygen atoms in total. The number of benzene rings is 2. The van der Waals surface area contributed by atoms with Gasteiger partial charge in [0.25, 0.3) is 5.69 Å². The summed E-state index contributed by atoms with van der Waals surface area (Å²) in [5, 5.41) is 10.8. The lowest BCUT2D eigenvalue weighted by molar-refractivity contribution is -0.385. The van der Waals surface area contributed by atoms with Crippen LogP contribution in [0.3, 0.4) is 0 Å². The van der Waals surface area contributed by atoms with Crippen LogP contribution < -0.4 is 8.92 Å². The Labute approximate surface area is 127 Å². The minimum Gasteiger partial charge on any atom is -0.495 e. The van der Waals surface area contributed by atoms with E-state index in [1.165, 1.54) is 19.2 Å². The quantitative estimate of drug-likeness (QED) is 0.477. The summed E-state index contributed by atoms with van der Waals surface area (Å²) in [6.45, 7) is 1.69. The van der Waals surface area contributed by atoms with Crippen LogP contribution in [-0.2, 0) is 10.1 Å². The third kappa shape index (κ3) is 3.17. The molecule has 22 heavy (non-hydrogen) atoms. The first-order valence-electron chi connectivity index (χ1n) is 6.17. The summed E-state index contributed by atoms with van der Waals surface area (Å²) in [6.07, 6.45) is 0. The van der Waals surface area contributed by atoms with E-state index in [-0.39, 0.29) is 17.2 Å². The Hall–Kier alpha value is -2.61. The Bertz CT molecular complexity index is 816. The summed E-state index contributed by atoms with van der Waals surface area (Å²) in [5.74, 6) is 0.121. The summed E-state index contributed by atoms with van der Waals surface area (Å²) < 4.78 is 34.8. The number of hydrogen-bond donors (Lipinski definition) is 0. The maximum Gasteiger partial charge on any atom is 0.343 e. The highest BCUT2D eigenvalue weighted by atomic mass is 32.2. The van der Waals surface area contributed by atoms with Crippen LogP contribution in [0.4, 0.5) is 5.69 Å². The van der Waals surface area contributed by atoms with Gasteiger partial charge in [0.1, 0.15) is 11.5 Å². The molecule has 0 aromatic heterocycles. The molecule has 2 aromatic rings. The van der Waals surface area contributed by atoms with Gasteiger partial charge in [-0.05, 0) is 24.6 Å². The Morgan fingerprint density at radius 3 is 2.36 bits per heavy atom. The fourth-order valence-corrected chi connectivity index (χ4v) is 2.96. The third-order valence-corrected chi connectivity index (χ3v) is 4.18. The molecule has 0 atom stereocenters. The van der Waals surface area contributed by atoms with Crippen molar-refractivity contribution in [2.24, 2.45) is 0 Å². The average molecular weight is 323 g/mol. The SMILES string of the molecule is COc1ccc([N+](=O)[O-])cc1S(=O)(=O)Oc1ccccc1C. The fraction of sp³-hybridized carbons (Fsp3) is 0.143. The van der Waals surface area contributed by atoms with Gasteiger partial charge in [0.2, 0.25) is 0 Å². The molecule has 2 aromatic carbocycles. The van der Waals surface area contributed by atoms with E-state index in [4.69, 9.17) is 8.92 Å². The molecular formula is C14H13NO6S. The first-order valence-corrected chi connectivity index (χ1v) is 7.58. The number of methoxy groups -OCH3 is 1. The van der Waals surface area contributed by atoms with Gasteiger partial charge in [-0.1, -0.05) is 18.2 Å². The first kappa shape index (κ1) is 15.8. The Kier molecular flexibility index (Phi) is 4.32. The van der Waals surface area contributed by atoms with Crippen molar-refractivity contribution in [3.63, 3.8) is 0 Å². The fourth-order valence-electron chi connectivity index (χ4n) is 1.79. The van der Waals surface area contributed by atoms with Gasteiger partial charge in [-0.3, -0.25) is 10.1 Å². The number of nitro groups is 1. The smallest absolute Gasteiger partial charge is 0.343 e. The van der Waals surface area contributed by atoms with Crippen LogP contribution in [0.2, 0.25) is 0 Å². The van der Waals surface area contributed by atoms with E-state index in [1.807, 2.05) is 0 Å². The standard InChI is InChI=1S/C14H13NO6S/c1-10-5-3-4-6-12(10)21-22(18,19)14-9-11(15(16)17)7-8-13(14)20-2/h3-9H,1-2H3. The molecule has 0 amide bonds. The van der Waals surface area contributed by atoms with Gasteiger partial charge >= 0.3 is 10.1 Å². The molecule has 0 fully saturated rings. The predicted octanol–water partition coefficient (Wildman–Crippen LogP) is 2.68. The normalized spacial score (nSPS) is 11.0. The number of hydrogen-bond acceptors (Lipinski definition) is 6. The summed E-state index contributed by atoms with van der Waals surface area (Å²) in [7, 11) is -2.99. The Morgan fingerprint density at radius 1 is 1.09 bits per heavy atom.